The fourth-order valence-corrected chi connectivity index (χ4v) is 4.58. The highest BCUT2D eigenvalue weighted by molar-refractivity contribution is 7.86. The van der Waals surface area contributed by atoms with Gasteiger partial charge in [0, 0.05) is 42.3 Å². The van der Waals surface area contributed by atoms with Crippen LogP contribution in [0, 0.1) is 6.92 Å². The van der Waals surface area contributed by atoms with Gasteiger partial charge in [-0.3, -0.25) is 18.7 Å². The van der Waals surface area contributed by atoms with E-state index in [4.69, 9.17) is 4.18 Å². The van der Waals surface area contributed by atoms with Gasteiger partial charge in [0.15, 0.2) is 0 Å². The molecule has 160 valence electrons. The van der Waals surface area contributed by atoms with Crippen molar-refractivity contribution < 1.29 is 22.2 Å². The molecule has 2 aromatic carbocycles. The van der Waals surface area contributed by atoms with E-state index in [0.29, 0.717) is 11.1 Å². The summed E-state index contributed by atoms with van der Waals surface area (Å²) in [5.41, 5.74) is 2.96. The molecule has 0 bridgehead atoms. The first-order valence-corrected chi connectivity index (χ1v) is 11.3. The zero-order valence-electron chi connectivity index (χ0n) is 17.2. The van der Waals surface area contributed by atoms with Crippen LogP contribution in [0.4, 0.5) is 0 Å². The minimum atomic E-state index is -3.88. The average Bonchev–Trinajstić information content (AvgIpc) is 3.22. The second-order valence-electron chi connectivity index (χ2n) is 7.47. The lowest BCUT2D eigenvalue weighted by atomic mass is 10.1. The van der Waals surface area contributed by atoms with Crippen molar-refractivity contribution in [3.63, 3.8) is 0 Å². The first kappa shape index (κ1) is 21.0. The Balaban J connectivity index is 1.40. The van der Waals surface area contributed by atoms with E-state index in [1.54, 1.807) is 12.1 Å². The number of amides is 2. The molecule has 1 aliphatic rings. The van der Waals surface area contributed by atoms with Crippen molar-refractivity contribution in [2.24, 2.45) is 7.05 Å². The van der Waals surface area contributed by atoms with Crippen molar-refractivity contribution in [2.75, 3.05) is 13.2 Å². The summed E-state index contributed by atoms with van der Waals surface area (Å²) in [5.74, 6) is -0.794. The van der Waals surface area contributed by atoms with Gasteiger partial charge in [0.05, 0.1) is 17.1 Å². The summed E-state index contributed by atoms with van der Waals surface area (Å²) in [6.45, 7) is 1.81. The number of para-hydroxylation sites is 1. The van der Waals surface area contributed by atoms with Gasteiger partial charge in [-0.15, -0.1) is 0 Å². The van der Waals surface area contributed by atoms with E-state index in [1.807, 2.05) is 49.0 Å². The molecule has 2 heterocycles. The summed E-state index contributed by atoms with van der Waals surface area (Å²) in [7, 11) is -1.99. The van der Waals surface area contributed by atoms with Crippen LogP contribution in [0.3, 0.4) is 0 Å². The van der Waals surface area contributed by atoms with E-state index in [2.05, 4.69) is 0 Å². The van der Waals surface area contributed by atoms with Gasteiger partial charge < -0.3 is 4.57 Å². The van der Waals surface area contributed by atoms with Gasteiger partial charge in [-0.1, -0.05) is 35.9 Å². The lowest BCUT2D eigenvalue weighted by molar-refractivity contribution is -0.136. The Morgan fingerprint density at radius 2 is 1.71 bits per heavy atom. The van der Waals surface area contributed by atoms with Crippen LogP contribution in [-0.2, 0) is 30.9 Å². The van der Waals surface area contributed by atoms with Crippen LogP contribution >= 0.6 is 0 Å². The number of aryl methyl sites for hydroxylation is 2. The van der Waals surface area contributed by atoms with Gasteiger partial charge in [-0.25, -0.2) is 0 Å². The number of nitrogens with zero attached hydrogens (tertiary/aromatic N) is 2. The highest BCUT2D eigenvalue weighted by atomic mass is 32.2. The molecule has 2 amide bonds. The molecule has 0 spiro atoms. The van der Waals surface area contributed by atoms with Crippen molar-refractivity contribution >= 4 is 38.4 Å². The standard InChI is InChI=1S/C23H22N2O5S/c1-16-8-10-17(11-9-16)31(28,29)30-13-5-12-25-22(26)14-19(23(25)27)20-15-24(2)21-7-4-3-6-18(20)21/h3-4,6-11,14-15H,5,12-13H2,1-2H3. The van der Waals surface area contributed by atoms with Crippen molar-refractivity contribution in [1.29, 1.82) is 0 Å². The molecular weight excluding hydrogens is 416 g/mol. The van der Waals surface area contributed by atoms with Crippen LogP contribution in [0.2, 0.25) is 0 Å². The maximum atomic E-state index is 12.9. The zero-order valence-corrected chi connectivity index (χ0v) is 18.1. The van der Waals surface area contributed by atoms with E-state index in [-0.39, 0.29) is 30.4 Å². The average molecular weight is 439 g/mol. The number of hydrogen-bond acceptors (Lipinski definition) is 5. The maximum absolute atomic E-state index is 12.9. The van der Waals surface area contributed by atoms with Gasteiger partial charge in [0.25, 0.3) is 21.9 Å². The molecule has 0 aliphatic carbocycles. The molecule has 0 unspecified atom stereocenters. The first-order valence-electron chi connectivity index (χ1n) is 9.86. The fourth-order valence-electron chi connectivity index (χ4n) is 3.63. The fraction of sp³-hybridized carbons (Fsp3) is 0.217. The number of rotatable bonds is 7. The second-order valence-corrected chi connectivity index (χ2v) is 9.08. The number of aromatic nitrogens is 1. The van der Waals surface area contributed by atoms with Crippen LogP contribution < -0.4 is 0 Å². The van der Waals surface area contributed by atoms with Crippen LogP contribution in [0.15, 0.2) is 65.7 Å². The van der Waals surface area contributed by atoms with E-state index >= 15 is 0 Å². The highest BCUT2D eigenvalue weighted by Crippen LogP contribution is 2.31. The Bertz CT molecular complexity index is 1300. The number of carbonyl (C=O) groups excluding carboxylic acids is 2. The topological polar surface area (TPSA) is 85.7 Å². The van der Waals surface area contributed by atoms with Gasteiger partial charge >= 0.3 is 0 Å². The minimum Gasteiger partial charge on any atom is -0.350 e. The van der Waals surface area contributed by atoms with E-state index in [9.17, 15) is 18.0 Å². The number of carbonyl (C=O) groups is 2. The van der Waals surface area contributed by atoms with Gasteiger partial charge in [-0.2, -0.15) is 8.42 Å². The van der Waals surface area contributed by atoms with Crippen molar-refractivity contribution in [3.8, 4) is 0 Å². The lowest BCUT2D eigenvalue weighted by Crippen LogP contribution is -2.32. The zero-order chi connectivity index (χ0) is 22.2. The second kappa shape index (κ2) is 8.13. The minimum absolute atomic E-state index is 0.0752. The third-order valence-electron chi connectivity index (χ3n) is 5.27. The van der Waals surface area contributed by atoms with Crippen molar-refractivity contribution in [1.82, 2.24) is 9.47 Å². The van der Waals surface area contributed by atoms with Gasteiger partial charge in [-0.05, 0) is 31.5 Å². The van der Waals surface area contributed by atoms with Crippen molar-refractivity contribution in [3.05, 3.63) is 71.9 Å². The summed E-state index contributed by atoms with van der Waals surface area (Å²) in [6.07, 6.45) is 3.38. The quantitative estimate of drug-likeness (QED) is 0.322. The summed E-state index contributed by atoms with van der Waals surface area (Å²) in [5, 5.41) is 0.895. The van der Waals surface area contributed by atoms with E-state index < -0.39 is 16.0 Å². The molecule has 0 fully saturated rings. The third kappa shape index (κ3) is 4.04. The Hall–Kier alpha value is -3.23. The SMILES string of the molecule is Cc1ccc(S(=O)(=O)OCCCN2C(=O)C=C(c3cn(C)c4ccccc34)C2=O)cc1. The molecule has 1 aliphatic heterocycles. The number of imide groups is 1. The molecule has 7 nitrogen and oxygen atoms in total. The van der Waals surface area contributed by atoms with E-state index in [1.165, 1.54) is 18.2 Å². The molecule has 0 N–H and O–H groups in total. The van der Waals surface area contributed by atoms with Gasteiger partial charge in [0.1, 0.15) is 0 Å². The summed E-state index contributed by atoms with van der Waals surface area (Å²) < 4.78 is 31.5. The molecule has 0 saturated heterocycles. The van der Waals surface area contributed by atoms with Crippen LogP contribution in [0.5, 0.6) is 0 Å². The molecule has 3 aromatic rings. The summed E-state index contributed by atoms with van der Waals surface area (Å²) in [4.78, 5) is 26.5. The first-order chi connectivity index (χ1) is 14.8. The van der Waals surface area contributed by atoms with Gasteiger partial charge in [0.2, 0.25) is 0 Å². The Morgan fingerprint density at radius 3 is 2.45 bits per heavy atom. The van der Waals surface area contributed by atoms with E-state index in [0.717, 1.165) is 21.4 Å². The predicted octanol–water partition coefficient (Wildman–Crippen LogP) is 3.03. The molecule has 31 heavy (non-hydrogen) atoms. The smallest absolute Gasteiger partial charge is 0.296 e. The lowest BCUT2D eigenvalue weighted by Gasteiger charge is -2.14. The molecule has 1 aromatic heterocycles. The molecule has 0 radical (unpaired) electrons. The predicted molar refractivity (Wildman–Crippen MR) is 117 cm³/mol. The van der Waals surface area contributed by atoms with Crippen molar-refractivity contribution in [2.45, 2.75) is 18.2 Å². The Labute approximate surface area is 180 Å². The molecular formula is C23H22N2O5S. The Kier molecular flexibility index (Phi) is 5.51. The summed E-state index contributed by atoms with van der Waals surface area (Å²) in [6, 6.07) is 14.0. The number of hydrogen-bond donors (Lipinski definition) is 0. The summed E-state index contributed by atoms with van der Waals surface area (Å²) >= 11 is 0. The van der Waals surface area contributed by atoms with Crippen LogP contribution in [0.25, 0.3) is 16.5 Å². The molecule has 4 rings (SSSR count). The largest absolute Gasteiger partial charge is 0.350 e. The maximum Gasteiger partial charge on any atom is 0.296 e. The Morgan fingerprint density at radius 1 is 1.00 bits per heavy atom. The number of benzene rings is 2. The normalized spacial score (nSPS) is 14.5. The monoisotopic (exact) mass is 438 g/mol. The molecule has 0 atom stereocenters. The van der Waals surface area contributed by atoms with Crippen LogP contribution in [-0.4, -0.2) is 42.9 Å². The third-order valence-corrected chi connectivity index (χ3v) is 6.60. The number of fused-ring (bicyclic) bond motifs is 1. The highest BCUT2D eigenvalue weighted by Gasteiger charge is 2.32. The molecule has 0 saturated carbocycles. The molecule has 8 heteroatoms. The van der Waals surface area contributed by atoms with Crippen LogP contribution in [0.1, 0.15) is 17.5 Å².